The van der Waals surface area contributed by atoms with E-state index in [2.05, 4.69) is 38.8 Å². The molecule has 34 heavy (non-hydrogen) atoms. The van der Waals surface area contributed by atoms with Crippen molar-refractivity contribution in [1.82, 2.24) is 4.90 Å². The molecule has 2 atom stereocenters. The lowest BCUT2D eigenvalue weighted by Crippen LogP contribution is -2.52. The predicted octanol–water partition coefficient (Wildman–Crippen LogP) is 4.49. The summed E-state index contributed by atoms with van der Waals surface area (Å²) < 4.78 is 32.0. The number of carbonyl (C=O) groups is 1. The van der Waals surface area contributed by atoms with Crippen molar-refractivity contribution < 1.29 is 17.4 Å². The van der Waals surface area contributed by atoms with E-state index in [1.165, 1.54) is 12.1 Å². The summed E-state index contributed by atoms with van der Waals surface area (Å²) in [6.07, 6.45) is 0. The average Bonchev–Trinajstić information content (AvgIpc) is 3.30. The SMILES string of the molecule is Cc1ccc(S(=O)(=O)Oc2c(Br)ccc3c2C(=O)c2cc(N4C[C@@H]5CN(C)[C@H]5C4)ccc2-3)cc1. The molecular weight excluding hydrogens is 516 g/mol. The first-order chi connectivity index (χ1) is 16.2. The van der Waals surface area contributed by atoms with Crippen LogP contribution in [-0.4, -0.2) is 51.8 Å². The van der Waals surface area contributed by atoms with Crippen LogP contribution < -0.4 is 9.08 Å². The van der Waals surface area contributed by atoms with Crippen LogP contribution in [0, 0.1) is 12.8 Å². The minimum Gasteiger partial charge on any atom is -0.377 e. The molecule has 2 aliphatic heterocycles. The van der Waals surface area contributed by atoms with Crippen LogP contribution in [0.5, 0.6) is 5.75 Å². The number of likely N-dealkylation sites (tertiary alicyclic amines) is 1. The molecule has 1 aliphatic carbocycles. The summed E-state index contributed by atoms with van der Waals surface area (Å²) in [6, 6.07) is 16.5. The number of rotatable bonds is 4. The maximum atomic E-state index is 13.6. The quantitative estimate of drug-likeness (QED) is 0.357. The number of hydrogen-bond donors (Lipinski definition) is 0. The van der Waals surface area contributed by atoms with Gasteiger partial charge in [0, 0.05) is 42.8 Å². The number of anilines is 1. The highest BCUT2D eigenvalue weighted by atomic mass is 79.9. The lowest BCUT2D eigenvalue weighted by Gasteiger charge is -2.40. The first kappa shape index (κ1) is 21.8. The van der Waals surface area contributed by atoms with E-state index >= 15 is 0 Å². The molecule has 0 unspecified atom stereocenters. The van der Waals surface area contributed by atoms with Crippen LogP contribution in [0.3, 0.4) is 0 Å². The second-order valence-corrected chi connectivity index (χ2v) is 11.8. The molecule has 0 amide bonds. The first-order valence-corrected chi connectivity index (χ1v) is 13.4. The summed E-state index contributed by atoms with van der Waals surface area (Å²) in [6.45, 7) is 4.94. The van der Waals surface area contributed by atoms with E-state index in [1.54, 1.807) is 18.2 Å². The Kier molecular flexibility index (Phi) is 4.92. The van der Waals surface area contributed by atoms with Gasteiger partial charge in [0.05, 0.1) is 10.0 Å². The Morgan fingerprint density at radius 3 is 2.38 bits per heavy atom. The zero-order valence-corrected chi connectivity index (χ0v) is 21.2. The molecule has 2 heterocycles. The Morgan fingerprint density at radius 2 is 1.68 bits per heavy atom. The van der Waals surface area contributed by atoms with E-state index in [9.17, 15) is 13.2 Å². The third-order valence-corrected chi connectivity index (χ3v) is 9.10. The van der Waals surface area contributed by atoms with E-state index in [0.29, 0.717) is 27.6 Å². The van der Waals surface area contributed by atoms with Gasteiger partial charge in [-0.25, -0.2) is 0 Å². The van der Waals surface area contributed by atoms with Gasteiger partial charge in [0.1, 0.15) is 4.90 Å². The summed E-state index contributed by atoms with van der Waals surface area (Å²) in [5.41, 5.74) is 4.31. The topological polar surface area (TPSA) is 66.9 Å². The van der Waals surface area contributed by atoms with Crippen LogP contribution in [0.15, 0.2) is 64.0 Å². The molecule has 2 fully saturated rings. The van der Waals surface area contributed by atoms with Gasteiger partial charge in [-0.05, 0) is 71.4 Å². The molecule has 6 rings (SSSR count). The number of carbonyl (C=O) groups excluding carboxylic acids is 1. The number of halogens is 1. The fourth-order valence-corrected chi connectivity index (χ4v) is 6.83. The maximum absolute atomic E-state index is 13.6. The van der Waals surface area contributed by atoms with Gasteiger partial charge in [-0.2, -0.15) is 8.42 Å². The molecule has 0 aromatic heterocycles. The summed E-state index contributed by atoms with van der Waals surface area (Å²) in [5, 5.41) is 0. The summed E-state index contributed by atoms with van der Waals surface area (Å²) in [5.74, 6) is 0.484. The number of ketones is 1. The van der Waals surface area contributed by atoms with Crippen LogP contribution in [0.1, 0.15) is 21.5 Å². The fraction of sp³-hybridized carbons (Fsp3) is 0.269. The Hall–Kier alpha value is -2.68. The van der Waals surface area contributed by atoms with Gasteiger partial charge >= 0.3 is 10.1 Å². The number of hydrogen-bond acceptors (Lipinski definition) is 6. The van der Waals surface area contributed by atoms with E-state index in [4.69, 9.17) is 4.18 Å². The van der Waals surface area contributed by atoms with Crippen molar-refractivity contribution in [3.63, 3.8) is 0 Å². The molecule has 6 nitrogen and oxygen atoms in total. The second-order valence-electron chi connectivity index (χ2n) is 9.38. The summed E-state index contributed by atoms with van der Waals surface area (Å²) in [7, 11) is -1.96. The van der Waals surface area contributed by atoms with Gasteiger partial charge in [0.2, 0.25) is 0 Å². The van der Waals surface area contributed by atoms with Gasteiger partial charge in [0.15, 0.2) is 11.5 Å². The molecule has 8 heteroatoms. The highest BCUT2D eigenvalue weighted by Gasteiger charge is 2.44. The molecule has 0 radical (unpaired) electrons. The predicted molar refractivity (Wildman–Crippen MR) is 134 cm³/mol. The number of nitrogens with zero attached hydrogens (tertiary/aromatic N) is 2. The van der Waals surface area contributed by atoms with Crippen molar-refractivity contribution in [2.24, 2.45) is 5.92 Å². The van der Waals surface area contributed by atoms with Gasteiger partial charge in [0.25, 0.3) is 0 Å². The number of likely N-dealkylation sites (N-methyl/N-ethyl adjacent to an activating group) is 1. The fourth-order valence-electron chi connectivity index (χ4n) is 5.35. The Bertz CT molecular complexity index is 1450. The molecule has 0 saturated carbocycles. The van der Waals surface area contributed by atoms with Gasteiger partial charge in [-0.1, -0.05) is 29.8 Å². The normalized spacial score (nSPS) is 21.1. The number of fused-ring (bicyclic) bond motifs is 4. The lowest BCUT2D eigenvalue weighted by atomic mass is 9.93. The monoisotopic (exact) mass is 538 g/mol. The molecule has 2 saturated heterocycles. The summed E-state index contributed by atoms with van der Waals surface area (Å²) in [4.78, 5) is 18.3. The van der Waals surface area contributed by atoms with Crippen LogP contribution >= 0.6 is 15.9 Å². The van der Waals surface area contributed by atoms with Gasteiger partial charge < -0.3 is 14.0 Å². The van der Waals surface area contributed by atoms with E-state index < -0.39 is 10.1 Å². The van der Waals surface area contributed by atoms with Crippen molar-refractivity contribution in [2.75, 3.05) is 31.6 Å². The molecule has 174 valence electrons. The molecule has 0 spiro atoms. The molecule has 0 bridgehead atoms. The van der Waals surface area contributed by atoms with Gasteiger partial charge in [-0.15, -0.1) is 0 Å². The minimum atomic E-state index is -4.11. The van der Waals surface area contributed by atoms with E-state index in [0.717, 1.165) is 36.4 Å². The highest BCUT2D eigenvalue weighted by molar-refractivity contribution is 9.10. The molecule has 3 aromatic carbocycles. The minimum absolute atomic E-state index is 0.0293. The number of benzene rings is 3. The largest absolute Gasteiger partial charge is 0.377 e. The smallest absolute Gasteiger partial charge is 0.339 e. The van der Waals surface area contributed by atoms with Crippen molar-refractivity contribution >= 4 is 37.5 Å². The average molecular weight is 539 g/mol. The van der Waals surface area contributed by atoms with Crippen molar-refractivity contribution in [1.29, 1.82) is 0 Å². The first-order valence-electron chi connectivity index (χ1n) is 11.2. The third kappa shape index (κ3) is 3.31. The van der Waals surface area contributed by atoms with Crippen LogP contribution in [-0.2, 0) is 10.1 Å². The maximum Gasteiger partial charge on any atom is 0.339 e. The molecule has 0 N–H and O–H groups in total. The van der Waals surface area contributed by atoms with Crippen molar-refractivity contribution in [3.8, 4) is 16.9 Å². The molecule has 3 aliphatic rings. The zero-order valence-electron chi connectivity index (χ0n) is 18.8. The van der Waals surface area contributed by atoms with Crippen molar-refractivity contribution in [2.45, 2.75) is 17.9 Å². The third-order valence-electron chi connectivity index (χ3n) is 7.24. The Balaban J connectivity index is 1.36. The van der Waals surface area contributed by atoms with Crippen molar-refractivity contribution in [3.05, 3.63) is 75.8 Å². The van der Waals surface area contributed by atoms with Gasteiger partial charge in [-0.3, -0.25) is 4.79 Å². The number of aryl methyl sites for hydroxylation is 1. The second kappa shape index (κ2) is 7.66. The standard InChI is InChI=1S/C26H23BrN2O4S/c1-15-3-6-18(7-4-15)34(31,32)33-26-22(27)10-9-20-19-8-5-17(11-21(19)25(30)24(20)26)29-13-16-12-28(2)23(16)14-29/h3-11,16,23H,12-14H2,1-2H3/t16-,23-/m0/s1. The van der Waals surface area contributed by atoms with Crippen LogP contribution in [0.2, 0.25) is 0 Å². The molecular formula is C26H23BrN2O4S. The van der Waals surface area contributed by atoms with E-state index in [1.807, 2.05) is 25.1 Å². The van der Waals surface area contributed by atoms with Crippen LogP contribution in [0.4, 0.5) is 5.69 Å². The van der Waals surface area contributed by atoms with Crippen LogP contribution in [0.25, 0.3) is 11.1 Å². The lowest BCUT2D eigenvalue weighted by molar-refractivity contribution is 0.0827. The highest BCUT2D eigenvalue weighted by Crippen LogP contribution is 2.46. The summed E-state index contributed by atoms with van der Waals surface area (Å²) >= 11 is 3.40. The Morgan fingerprint density at radius 1 is 0.941 bits per heavy atom. The molecule has 3 aromatic rings. The Labute approximate surface area is 207 Å². The van der Waals surface area contributed by atoms with E-state index in [-0.39, 0.29) is 22.0 Å². The zero-order chi connectivity index (χ0) is 23.8.